The molecule has 1 aromatic rings. The molecule has 82 valence electrons. The number of rotatable bonds is 4. The van der Waals surface area contributed by atoms with Crippen LogP contribution in [0.1, 0.15) is 20.8 Å². The maximum atomic E-state index is 11.7. The van der Waals surface area contributed by atoms with E-state index in [1.54, 1.807) is 13.8 Å². The monoisotopic (exact) mass is 209 g/mol. The highest BCUT2D eigenvalue weighted by Crippen LogP contribution is 2.05. The summed E-state index contributed by atoms with van der Waals surface area (Å²) in [5, 5.41) is 12.9. The van der Waals surface area contributed by atoms with Crippen molar-refractivity contribution in [3.8, 4) is 0 Å². The lowest BCUT2D eigenvalue weighted by Crippen LogP contribution is -2.49. The Labute approximate surface area is 88.5 Å². The molecule has 6 heteroatoms. The fourth-order valence-electron chi connectivity index (χ4n) is 1.08. The van der Waals surface area contributed by atoms with E-state index in [2.05, 4.69) is 25.8 Å². The number of hydrogen-bond acceptors (Lipinski definition) is 5. The lowest BCUT2D eigenvalue weighted by Gasteiger charge is -2.23. The van der Waals surface area contributed by atoms with E-state index in [9.17, 15) is 4.79 Å². The molecule has 0 atom stereocenters. The van der Waals surface area contributed by atoms with Gasteiger partial charge in [-0.1, -0.05) is 6.92 Å². The van der Waals surface area contributed by atoms with Gasteiger partial charge in [-0.3, -0.25) is 10.1 Å². The molecule has 0 spiro atoms. The highest BCUT2D eigenvalue weighted by Gasteiger charge is 2.26. The van der Waals surface area contributed by atoms with Crippen molar-refractivity contribution in [2.24, 2.45) is 0 Å². The first-order valence-corrected chi connectivity index (χ1v) is 4.76. The number of carbonyl (C=O) groups excluding carboxylic acids is 1. The van der Waals surface area contributed by atoms with Crippen molar-refractivity contribution in [1.29, 1.82) is 0 Å². The SMILES string of the molecule is CCNC(C)(C)C(=O)Nc1nccnn1. The predicted molar refractivity (Wildman–Crippen MR) is 56.2 cm³/mol. The smallest absolute Gasteiger partial charge is 0.249 e. The van der Waals surface area contributed by atoms with E-state index < -0.39 is 5.54 Å². The molecule has 0 bridgehead atoms. The van der Waals surface area contributed by atoms with Crippen LogP contribution in [0.4, 0.5) is 5.95 Å². The fourth-order valence-corrected chi connectivity index (χ4v) is 1.08. The molecule has 0 fully saturated rings. The van der Waals surface area contributed by atoms with Crippen LogP contribution in [0.5, 0.6) is 0 Å². The molecule has 0 aliphatic rings. The summed E-state index contributed by atoms with van der Waals surface area (Å²) in [7, 11) is 0. The molecule has 0 aliphatic heterocycles. The van der Waals surface area contributed by atoms with Crippen molar-refractivity contribution in [1.82, 2.24) is 20.5 Å². The molecular formula is C9H15N5O. The van der Waals surface area contributed by atoms with Crippen LogP contribution in [0.3, 0.4) is 0 Å². The molecule has 0 aliphatic carbocycles. The van der Waals surface area contributed by atoms with Crippen molar-refractivity contribution in [3.63, 3.8) is 0 Å². The number of aromatic nitrogens is 3. The molecule has 2 N–H and O–H groups in total. The van der Waals surface area contributed by atoms with Crippen LogP contribution in [-0.2, 0) is 4.79 Å². The van der Waals surface area contributed by atoms with Gasteiger partial charge in [-0.05, 0) is 20.4 Å². The van der Waals surface area contributed by atoms with Gasteiger partial charge in [0, 0.05) is 0 Å². The van der Waals surface area contributed by atoms with Crippen molar-refractivity contribution >= 4 is 11.9 Å². The molecule has 0 aromatic carbocycles. The van der Waals surface area contributed by atoms with Crippen LogP contribution in [0.2, 0.25) is 0 Å². The molecule has 0 saturated heterocycles. The molecule has 0 saturated carbocycles. The summed E-state index contributed by atoms with van der Waals surface area (Å²) >= 11 is 0. The summed E-state index contributed by atoms with van der Waals surface area (Å²) < 4.78 is 0. The van der Waals surface area contributed by atoms with E-state index in [1.165, 1.54) is 12.4 Å². The van der Waals surface area contributed by atoms with Crippen molar-refractivity contribution < 1.29 is 4.79 Å². The van der Waals surface area contributed by atoms with Gasteiger partial charge in [0.05, 0.1) is 17.9 Å². The van der Waals surface area contributed by atoms with Crippen LogP contribution in [-0.4, -0.2) is 33.2 Å². The topological polar surface area (TPSA) is 79.8 Å². The molecule has 0 radical (unpaired) electrons. The van der Waals surface area contributed by atoms with Crippen LogP contribution >= 0.6 is 0 Å². The largest absolute Gasteiger partial charge is 0.304 e. The van der Waals surface area contributed by atoms with Gasteiger partial charge >= 0.3 is 0 Å². The number of carbonyl (C=O) groups is 1. The summed E-state index contributed by atoms with van der Waals surface area (Å²) in [6, 6.07) is 0. The Balaban J connectivity index is 2.63. The standard InChI is InChI=1S/C9H15N5O/c1-4-11-9(2,3)7(15)13-8-10-5-6-12-14-8/h5-6,11H,4H2,1-3H3,(H,10,13,14,15). The zero-order chi connectivity index (χ0) is 11.3. The molecule has 1 aromatic heterocycles. The second-order valence-corrected chi connectivity index (χ2v) is 3.58. The first-order valence-electron chi connectivity index (χ1n) is 4.76. The maximum absolute atomic E-state index is 11.7. The van der Waals surface area contributed by atoms with E-state index in [1.807, 2.05) is 6.92 Å². The summed E-state index contributed by atoms with van der Waals surface area (Å²) in [4.78, 5) is 15.6. The average molecular weight is 209 g/mol. The van der Waals surface area contributed by atoms with Crippen LogP contribution < -0.4 is 10.6 Å². The number of amides is 1. The third-order valence-corrected chi connectivity index (χ3v) is 1.89. The Kier molecular flexibility index (Phi) is 3.68. The number of nitrogens with one attached hydrogen (secondary N) is 2. The first kappa shape index (κ1) is 11.5. The zero-order valence-corrected chi connectivity index (χ0v) is 9.11. The van der Waals surface area contributed by atoms with E-state index in [0.717, 1.165) is 0 Å². The van der Waals surface area contributed by atoms with Crippen LogP contribution in [0, 0.1) is 0 Å². The van der Waals surface area contributed by atoms with Gasteiger partial charge in [0.1, 0.15) is 0 Å². The highest BCUT2D eigenvalue weighted by atomic mass is 16.2. The lowest BCUT2D eigenvalue weighted by molar-refractivity contribution is -0.121. The molecule has 0 unspecified atom stereocenters. The van der Waals surface area contributed by atoms with Gasteiger partial charge in [0.15, 0.2) is 0 Å². The molecule has 6 nitrogen and oxygen atoms in total. The van der Waals surface area contributed by atoms with Gasteiger partial charge in [0.25, 0.3) is 0 Å². The van der Waals surface area contributed by atoms with Crippen molar-refractivity contribution in [2.75, 3.05) is 11.9 Å². The minimum absolute atomic E-state index is 0.183. The van der Waals surface area contributed by atoms with E-state index >= 15 is 0 Å². The molecule has 15 heavy (non-hydrogen) atoms. The number of hydrogen-bond donors (Lipinski definition) is 2. The Bertz CT molecular complexity index is 325. The number of anilines is 1. The molecular weight excluding hydrogens is 194 g/mol. The van der Waals surface area contributed by atoms with Gasteiger partial charge in [-0.25, -0.2) is 4.98 Å². The Hall–Kier alpha value is -1.56. The fraction of sp³-hybridized carbons (Fsp3) is 0.556. The molecule has 1 heterocycles. The Morgan fingerprint density at radius 3 is 2.73 bits per heavy atom. The van der Waals surface area contributed by atoms with Gasteiger partial charge in [-0.15, -0.1) is 5.10 Å². The van der Waals surface area contributed by atoms with E-state index in [0.29, 0.717) is 6.54 Å². The first-order chi connectivity index (χ1) is 7.06. The maximum Gasteiger partial charge on any atom is 0.249 e. The van der Waals surface area contributed by atoms with Crippen LogP contribution in [0.25, 0.3) is 0 Å². The normalized spacial score (nSPS) is 11.1. The minimum Gasteiger partial charge on any atom is -0.304 e. The predicted octanol–water partition coefficient (Wildman–Crippen LogP) is 0.198. The minimum atomic E-state index is -0.645. The number of likely N-dealkylation sites (N-methyl/N-ethyl adjacent to an activating group) is 1. The zero-order valence-electron chi connectivity index (χ0n) is 9.11. The third kappa shape index (κ3) is 3.25. The Morgan fingerprint density at radius 2 is 2.20 bits per heavy atom. The van der Waals surface area contributed by atoms with E-state index in [-0.39, 0.29) is 11.9 Å². The summed E-state index contributed by atoms with van der Waals surface area (Å²) in [5.74, 6) is 0.0332. The van der Waals surface area contributed by atoms with Crippen molar-refractivity contribution in [3.05, 3.63) is 12.4 Å². The Morgan fingerprint density at radius 1 is 1.47 bits per heavy atom. The average Bonchev–Trinajstić information content (AvgIpc) is 2.19. The van der Waals surface area contributed by atoms with Crippen LogP contribution in [0.15, 0.2) is 12.4 Å². The number of nitrogens with zero attached hydrogens (tertiary/aromatic N) is 3. The summed E-state index contributed by atoms with van der Waals surface area (Å²) in [6.45, 7) is 6.24. The molecule has 1 rings (SSSR count). The second kappa shape index (κ2) is 4.79. The summed E-state index contributed by atoms with van der Waals surface area (Å²) in [5.41, 5.74) is -0.645. The molecule has 1 amide bonds. The highest BCUT2D eigenvalue weighted by molar-refractivity contribution is 5.96. The summed E-state index contributed by atoms with van der Waals surface area (Å²) in [6.07, 6.45) is 2.92. The third-order valence-electron chi connectivity index (χ3n) is 1.89. The second-order valence-electron chi connectivity index (χ2n) is 3.58. The van der Waals surface area contributed by atoms with Gasteiger partial charge in [0.2, 0.25) is 11.9 Å². The van der Waals surface area contributed by atoms with E-state index in [4.69, 9.17) is 0 Å². The lowest BCUT2D eigenvalue weighted by atomic mass is 10.1. The quantitative estimate of drug-likeness (QED) is 0.740. The van der Waals surface area contributed by atoms with Gasteiger partial charge in [-0.2, -0.15) is 5.10 Å². The van der Waals surface area contributed by atoms with Gasteiger partial charge < -0.3 is 5.32 Å². The van der Waals surface area contributed by atoms with Crippen molar-refractivity contribution in [2.45, 2.75) is 26.3 Å².